The third kappa shape index (κ3) is 4.32. The molecule has 1 aliphatic heterocycles. The van der Waals surface area contributed by atoms with Crippen LogP contribution in [-0.4, -0.2) is 34.3 Å². The van der Waals surface area contributed by atoms with Crippen LogP contribution in [0.4, 0.5) is 0 Å². The maximum absolute atomic E-state index is 13.1. The van der Waals surface area contributed by atoms with Gasteiger partial charge in [0.15, 0.2) is 11.5 Å². The zero-order chi connectivity index (χ0) is 21.8. The van der Waals surface area contributed by atoms with Crippen LogP contribution < -0.4 is 9.47 Å². The summed E-state index contributed by atoms with van der Waals surface area (Å²) in [4.78, 5) is 19.4. The Balaban J connectivity index is 1.31. The third-order valence-corrected chi connectivity index (χ3v) is 5.22. The first-order chi connectivity index (χ1) is 15.8. The van der Waals surface area contributed by atoms with Crippen molar-refractivity contribution < 1.29 is 18.8 Å². The fourth-order valence-electron chi connectivity index (χ4n) is 3.56. The molecule has 0 fully saturated rings. The fraction of sp³-hybridized carbons (Fsp3) is 0.160. The summed E-state index contributed by atoms with van der Waals surface area (Å²) in [7, 11) is 0. The van der Waals surface area contributed by atoms with E-state index in [1.807, 2.05) is 78.9 Å². The van der Waals surface area contributed by atoms with Crippen molar-refractivity contribution >= 4 is 5.91 Å². The van der Waals surface area contributed by atoms with Gasteiger partial charge in [-0.05, 0) is 35.9 Å². The number of rotatable bonds is 7. The van der Waals surface area contributed by atoms with E-state index in [2.05, 4.69) is 10.1 Å². The van der Waals surface area contributed by atoms with Gasteiger partial charge in [-0.25, -0.2) is 0 Å². The normalized spacial score (nSPS) is 12.0. The van der Waals surface area contributed by atoms with E-state index in [0.29, 0.717) is 48.3 Å². The van der Waals surface area contributed by atoms with E-state index in [4.69, 9.17) is 14.0 Å². The van der Waals surface area contributed by atoms with Gasteiger partial charge in [-0.15, -0.1) is 0 Å². The number of nitrogens with zero attached hydrogens (tertiary/aromatic N) is 3. The zero-order valence-corrected chi connectivity index (χ0v) is 17.3. The maximum Gasteiger partial charge on any atom is 0.254 e. The molecular weight excluding hydrogens is 406 g/mol. The summed E-state index contributed by atoms with van der Waals surface area (Å²) in [6.45, 7) is 1.16. The molecule has 0 aliphatic carbocycles. The molecule has 7 heteroatoms. The maximum atomic E-state index is 13.1. The third-order valence-electron chi connectivity index (χ3n) is 5.22. The van der Waals surface area contributed by atoms with Gasteiger partial charge < -0.3 is 18.9 Å². The van der Waals surface area contributed by atoms with Crippen LogP contribution in [0.1, 0.15) is 21.8 Å². The van der Waals surface area contributed by atoms with Gasteiger partial charge in [0.1, 0.15) is 0 Å². The van der Waals surface area contributed by atoms with Crippen LogP contribution in [-0.2, 0) is 13.0 Å². The Morgan fingerprint density at radius 3 is 2.47 bits per heavy atom. The highest BCUT2D eigenvalue weighted by molar-refractivity contribution is 5.94. The number of hydrogen-bond donors (Lipinski definition) is 0. The van der Waals surface area contributed by atoms with Crippen LogP contribution in [0.2, 0.25) is 0 Å². The summed E-state index contributed by atoms with van der Waals surface area (Å²) < 4.78 is 16.2. The highest BCUT2D eigenvalue weighted by Gasteiger charge is 2.19. The molecule has 160 valence electrons. The molecule has 7 nitrogen and oxygen atoms in total. The second kappa shape index (κ2) is 8.93. The summed E-state index contributed by atoms with van der Waals surface area (Å²) in [6.07, 6.45) is 0.447. The Labute approximate surface area is 185 Å². The van der Waals surface area contributed by atoms with E-state index < -0.39 is 0 Å². The van der Waals surface area contributed by atoms with Gasteiger partial charge in [0.05, 0.1) is 0 Å². The van der Waals surface area contributed by atoms with E-state index >= 15 is 0 Å². The molecule has 1 aliphatic rings. The molecule has 5 rings (SSSR count). The van der Waals surface area contributed by atoms with Gasteiger partial charge >= 0.3 is 0 Å². The highest BCUT2D eigenvalue weighted by Crippen LogP contribution is 2.35. The molecule has 0 spiro atoms. The van der Waals surface area contributed by atoms with Gasteiger partial charge in [0.25, 0.3) is 5.91 Å². The summed E-state index contributed by atoms with van der Waals surface area (Å²) >= 11 is 0. The largest absolute Gasteiger partial charge is 0.454 e. The zero-order valence-electron chi connectivity index (χ0n) is 17.3. The lowest BCUT2D eigenvalue weighted by Crippen LogP contribution is -2.32. The molecule has 4 aromatic rings. The van der Waals surface area contributed by atoms with Crippen molar-refractivity contribution in [2.24, 2.45) is 0 Å². The Morgan fingerprint density at radius 1 is 0.906 bits per heavy atom. The number of carbonyl (C=O) groups excluding carboxylic acids is 1. The number of carbonyl (C=O) groups is 1. The second-order valence-corrected chi connectivity index (χ2v) is 7.41. The topological polar surface area (TPSA) is 77.7 Å². The Kier molecular flexibility index (Phi) is 5.53. The number of aromatic nitrogens is 2. The molecule has 0 saturated carbocycles. The molecule has 1 amide bonds. The number of benzene rings is 3. The highest BCUT2D eigenvalue weighted by atomic mass is 16.7. The van der Waals surface area contributed by atoms with Crippen molar-refractivity contribution in [3.63, 3.8) is 0 Å². The SMILES string of the molecule is O=C(c1ccccc1)N(CCc1nc(-c2ccc3c(c2)OCO3)no1)Cc1ccccc1. The molecule has 0 unspecified atom stereocenters. The van der Waals surface area contributed by atoms with E-state index in [-0.39, 0.29) is 12.7 Å². The van der Waals surface area contributed by atoms with Crippen molar-refractivity contribution in [1.29, 1.82) is 0 Å². The molecule has 0 saturated heterocycles. The summed E-state index contributed by atoms with van der Waals surface area (Å²) in [6, 6.07) is 24.7. The Hall–Kier alpha value is -4.13. The number of amides is 1. The van der Waals surface area contributed by atoms with Crippen LogP contribution in [0.25, 0.3) is 11.4 Å². The molecule has 0 N–H and O–H groups in total. The van der Waals surface area contributed by atoms with Crippen molar-refractivity contribution in [1.82, 2.24) is 15.0 Å². The monoisotopic (exact) mass is 427 g/mol. The lowest BCUT2D eigenvalue weighted by molar-refractivity contribution is 0.0741. The molecule has 3 aromatic carbocycles. The molecular formula is C25H21N3O4. The number of ether oxygens (including phenoxy) is 2. The minimum atomic E-state index is -0.0371. The van der Waals surface area contributed by atoms with E-state index in [1.165, 1.54) is 0 Å². The van der Waals surface area contributed by atoms with Crippen LogP contribution in [0.3, 0.4) is 0 Å². The predicted octanol–water partition coefficient (Wildman–Crippen LogP) is 4.35. The molecule has 0 radical (unpaired) electrons. The average Bonchev–Trinajstić information content (AvgIpc) is 3.51. The Bertz CT molecular complexity index is 1210. The fourth-order valence-corrected chi connectivity index (χ4v) is 3.56. The van der Waals surface area contributed by atoms with Gasteiger partial charge in [-0.3, -0.25) is 4.79 Å². The minimum absolute atomic E-state index is 0.0371. The summed E-state index contributed by atoms with van der Waals surface area (Å²) in [5, 5.41) is 4.09. The van der Waals surface area contributed by atoms with Crippen molar-refractivity contribution in [2.75, 3.05) is 13.3 Å². The first kappa shape index (κ1) is 19.8. The molecule has 2 heterocycles. The van der Waals surface area contributed by atoms with Gasteiger partial charge in [0.2, 0.25) is 18.5 Å². The van der Waals surface area contributed by atoms with E-state index in [9.17, 15) is 4.79 Å². The van der Waals surface area contributed by atoms with Crippen LogP contribution in [0.15, 0.2) is 83.4 Å². The van der Waals surface area contributed by atoms with Crippen molar-refractivity contribution in [3.05, 3.63) is 95.9 Å². The number of fused-ring (bicyclic) bond motifs is 1. The lowest BCUT2D eigenvalue weighted by Gasteiger charge is -2.22. The molecule has 1 aromatic heterocycles. The van der Waals surface area contributed by atoms with E-state index in [1.54, 1.807) is 4.90 Å². The molecule has 0 atom stereocenters. The summed E-state index contributed by atoms with van der Waals surface area (Å²) in [5.74, 6) is 2.27. The first-order valence-corrected chi connectivity index (χ1v) is 10.4. The first-order valence-electron chi connectivity index (χ1n) is 10.4. The van der Waals surface area contributed by atoms with Crippen molar-refractivity contribution in [3.8, 4) is 22.9 Å². The standard InChI is InChI=1S/C25H21N3O4/c29-25(19-9-5-2-6-10-19)28(16-18-7-3-1-4-8-18)14-13-23-26-24(27-32-23)20-11-12-21-22(15-20)31-17-30-21/h1-12,15H,13-14,16-17H2. The average molecular weight is 427 g/mol. The smallest absolute Gasteiger partial charge is 0.254 e. The van der Waals surface area contributed by atoms with Gasteiger partial charge in [-0.1, -0.05) is 53.7 Å². The van der Waals surface area contributed by atoms with Gasteiger partial charge in [0, 0.05) is 30.6 Å². The van der Waals surface area contributed by atoms with Crippen LogP contribution >= 0.6 is 0 Å². The summed E-state index contributed by atoms with van der Waals surface area (Å²) in [5.41, 5.74) is 2.49. The predicted molar refractivity (Wildman–Crippen MR) is 117 cm³/mol. The second-order valence-electron chi connectivity index (χ2n) is 7.41. The lowest BCUT2D eigenvalue weighted by atomic mass is 10.1. The minimum Gasteiger partial charge on any atom is -0.454 e. The Morgan fingerprint density at radius 2 is 1.66 bits per heavy atom. The molecule has 32 heavy (non-hydrogen) atoms. The van der Waals surface area contributed by atoms with Gasteiger partial charge in [-0.2, -0.15) is 4.98 Å². The van der Waals surface area contributed by atoms with E-state index in [0.717, 1.165) is 11.1 Å². The van der Waals surface area contributed by atoms with Crippen LogP contribution in [0.5, 0.6) is 11.5 Å². The quantitative estimate of drug-likeness (QED) is 0.436. The number of hydrogen-bond acceptors (Lipinski definition) is 6. The van der Waals surface area contributed by atoms with Crippen molar-refractivity contribution in [2.45, 2.75) is 13.0 Å². The van der Waals surface area contributed by atoms with Crippen LogP contribution in [0, 0.1) is 0 Å². The molecule has 0 bridgehead atoms.